The van der Waals surface area contributed by atoms with Gasteiger partial charge in [-0.1, -0.05) is 73.6 Å². The molecule has 0 unspecified atom stereocenters. The molecule has 0 amide bonds. The number of hydrogen-bond acceptors (Lipinski definition) is 0. The summed E-state index contributed by atoms with van der Waals surface area (Å²) in [5.74, 6) is 12.4. The Morgan fingerprint density at radius 3 is 1.67 bits per heavy atom. The average molecular weight is 395 g/mol. The first kappa shape index (κ1) is 21.4. The van der Waals surface area contributed by atoms with Gasteiger partial charge in [0.1, 0.15) is 5.82 Å². The molecular weight excluding hydrogens is 367 g/mol. The van der Waals surface area contributed by atoms with Crippen molar-refractivity contribution in [3.63, 3.8) is 0 Å². The van der Waals surface area contributed by atoms with Gasteiger partial charge in [-0.2, -0.15) is 0 Å². The first-order valence-corrected chi connectivity index (χ1v) is 10.6. The fourth-order valence-electron chi connectivity index (χ4n) is 3.13. The van der Waals surface area contributed by atoms with Crippen LogP contribution in [0, 0.1) is 36.4 Å². The molecule has 0 nitrogen and oxygen atoms in total. The van der Waals surface area contributed by atoms with E-state index in [1.807, 2.05) is 48.5 Å². The minimum absolute atomic E-state index is 0.153. The summed E-state index contributed by atoms with van der Waals surface area (Å²) in [5, 5.41) is 0. The number of unbranched alkanes of at least 4 members (excludes halogenated alkanes) is 3. The molecule has 3 aromatic rings. The molecular formula is C29H27F. The fraction of sp³-hybridized carbons (Fsp3) is 0.241. The Hall–Kier alpha value is -3.29. The van der Waals surface area contributed by atoms with Crippen molar-refractivity contribution in [3.8, 4) is 23.7 Å². The van der Waals surface area contributed by atoms with Crippen molar-refractivity contribution in [2.75, 3.05) is 0 Å². The van der Waals surface area contributed by atoms with Crippen LogP contribution in [0.2, 0.25) is 0 Å². The molecule has 150 valence electrons. The molecule has 0 aliphatic heterocycles. The molecule has 3 rings (SSSR count). The number of benzene rings is 3. The highest BCUT2D eigenvalue weighted by Crippen LogP contribution is 2.14. The maximum absolute atomic E-state index is 14.3. The normalized spacial score (nSPS) is 9.97. The third-order valence-corrected chi connectivity index (χ3v) is 4.99. The molecule has 0 spiro atoms. The fourth-order valence-corrected chi connectivity index (χ4v) is 3.13. The number of rotatable bonds is 5. The quantitative estimate of drug-likeness (QED) is 0.321. The number of aryl methyl sites for hydroxylation is 2. The Bertz CT molecular complexity index is 1080. The summed E-state index contributed by atoms with van der Waals surface area (Å²) in [6.07, 6.45) is 5.39. The van der Waals surface area contributed by atoms with E-state index in [0.717, 1.165) is 41.5 Å². The van der Waals surface area contributed by atoms with E-state index in [1.54, 1.807) is 6.07 Å². The Labute approximate surface area is 180 Å². The van der Waals surface area contributed by atoms with Gasteiger partial charge in [0.2, 0.25) is 0 Å². The molecule has 0 saturated heterocycles. The van der Waals surface area contributed by atoms with Gasteiger partial charge in [0.15, 0.2) is 0 Å². The molecule has 0 fully saturated rings. The molecule has 0 aliphatic rings. The molecule has 30 heavy (non-hydrogen) atoms. The van der Waals surface area contributed by atoms with Gasteiger partial charge in [-0.15, -0.1) is 0 Å². The molecule has 3 aromatic carbocycles. The summed E-state index contributed by atoms with van der Waals surface area (Å²) in [6.45, 7) is 4.24. The lowest BCUT2D eigenvalue weighted by atomic mass is 10.0. The lowest BCUT2D eigenvalue weighted by Gasteiger charge is -2.03. The molecule has 0 radical (unpaired) electrons. The zero-order valence-electron chi connectivity index (χ0n) is 17.8. The van der Waals surface area contributed by atoms with Crippen molar-refractivity contribution in [1.82, 2.24) is 0 Å². The third-order valence-electron chi connectivity index (χ3n) is 4.99. The van der Waals surface area contributed by atoms with Crippen LogP contribution in [0.1, 0.15) is 66.0 Å². The van der Waals surface area contributed by atoms with Crippen LogP contribution in [0.4, 0.5) is 4.39 Å². The summed E-state index contributed by atoms with van der Waals surface area (Å²) in [6, 6.07) is 21.3. The van der Waals surface area contributed by atoms with Crippen molar-refractivity contribution >= 4 is 0 Å². The van der Waals surface area contributed by atoms with Crippen molar-refractivity contribution in [2.45, 2.75) is 46.0 Å². The monoisotopic (exact) mass is 394 g/mol. The largest absolute Gasteiger partial charge is 0.207 e. The van der Waals surface area contributed by atoms with Gasteiger partial charge in [0.25, 0.3) is 0 Å². The maximum atomic E-state index is 14.3. The second-order valence-electron chi connectivity index (χ2n) is 7.56. The van der Waals surface area contributed by atoms with Crippen LogP contribution in [0.3, 0.4) is 0 Å². The van der Waals surface area contributed by atoms with Gasteiger partial charge in [0, 0.05) is 22.3 Å². The first-order chi connectivity index (χ1) is 14.6. The molecule has 0 saturated carbocycles. The van der Waals surface area contributed by atoms with Crippen LogP contribution in [-0.4, -0.2) is 0 Å². The molecule has 0 N–H and O–H groups in total. The lowest BCUT2D eigenvalue weighted by molar-refractivity contribution is 0.593. The SMILES string of the molecule is CCCCCCc1ccc(C#Cc2ccc(C#Cc3ccc(C)cc3)cc2)cc1F. The van der Waals surface area contributed by atoms with E-state index in [9.17, 15) is 4.39 Å². The Balaban J connectivity index is 1.62. The average Bonchev–Trinajstić information content (AvgIpc) is 2.77. The third kappa shape index (κ3) is 6.65. The summed E-state index contributed by atoms with van der Waals surface area (Å²) in [5.41, 5.74) is 5.55. The number of halogens is 1. The van der Waals surface area contributed by atoms with E-state index in [2.05, 4.69) is 49.7 Å². The number of hydrogen-bond donors (Lipinski definition) is 0. The topological polar surface area (TPSA) is 0 Å². The van der Waals surface area contributed by atoms with E-state index >= 15 is 0 Å². The Kier molecular flexibility index (Phi) is 7.88. The van der Waals surface area contributed by atoms with Gasteiger partial charge in [-0.05, 0) is 73.9 Å². The maximum Gasteiger partial charge on any atom is 0.127 e. The molecule has 0 heterocycles. The Morgan fingerprint density at radius 1 is 0.633 bits per heavy atom. The molecule has 1 heteroatoms. The summed E-state index contributed by atoms with van der Waals surface area (Å²) >= 11 is 0. The van der Waals surface area contributed by atoms with E-state index in [1.165, 1.54) is 18.4 Å². The van der Waals surface area contributed by atoms with Crippen molar-refractivity contribution in [3.05, 3.63) is 106 Å². The first-order valence-electron chi connectivity index (χ1n) is 10.6. The molecule has 0 atom stereocenters. The van der Waals surface area contributed by atoms with E-state index in [4.69, 9.17) is 0 Å². The van der Waals surface area contributed by atoms with E-state index in [-0.39, 0.29) is 5.82 Å². The van der Waals surface area contributed by atoms with Gasteiger partial charge in [0.05, 0.1) is 0 Å². The van der Waals surface area contributed by atoms with Crippen molar-refractivity contribution < 1.29 is 4.39 Å². The standard InChI is InChI=1S/C29H27F/c1-3-4-5-6-7-28-21-20-27(22-29(28)30)19-18-26-16-14-25(15-17-26)13-12-24-10-8-23(2)9-11-24/h8-11,14-17,20-22H,3-7H2,1-2H3. The summed E-state index contributed by atoms with van der Waals surface area (Å²) in [7, 11) is 0. The van der Waals surface area contributed by atoms with Gasteiger partial charge in [-0.3, -0.25) is 0 Å². The van der Waals surface area contributed by atoms with Crippen LogP contribution in [0.15, 0.2) is 66.7 Å². The predicted octanol–water partition coefficient (Wildman–Crippen LogP) is 7.06. The zero-order chi connectivity index (χ0) is 21.2. The predicted molar refractivity (Wildman–Crippen MR) is 124 cm³/mol. The highest BCUT2D eigenvalue weighted by Gasteiger charge is 2.02. The van der Waals surface area contributed by atoms with Crippen LogP contribution >= 0.6 is 0 Å². The van der Waals surface area contributed by atoms with Crippen LogP contribution in [0.5, 0.6) is 0 Å². The second kappa shape index (κ2) is 11.0. The van der Waals surface area contributed by atoms with Gasteiger partial charge in [-0.25, -0.2) is 4.39 Å². The van der Waals surface area contributed by atoms with Crippen LogP contribution < -0.4 is 0 Å². The van der Waals surface area contributed by atoms with Crippen molar-refractivity contribution in [2.24, 2.45) is 0 Å². The smallest absolute Gasteiger partial charge is 0.127 e. The van der Waals surface area contributed by atoms with E-state index in [0.29, 0.717) is 5.56 Å². The van der Waals surface area contributed by atoms with Crippen molar-refractivity contribution in [1.29, 1.82) is 0 Å². The Morgan fingerprint density at radius 2 is 1.13 bits per heavy atom. The van der Waals surface area contributed by atoms with Crippen LogP contribution in [0.25, 0.3) is 0 Å². The summed E-state index contributed by atoms with van der Waals surface area (Å²) < 4.78 is 14.3. The molecule has 0 aromatic heterocycles. The minimum atomic E-state index is -0.153. The van der Waals surface area contributed by atoms with Crippen LogP contribution in [-0.2, 0) is 6.42 Å². The van der Waals surface area contributed by atoms with Gasteiger partial charge < -0.3 is 0 Å². The zero-order valence-corrected chi connectivity index (χ0v) is 17.8. The highest BCUT2D eigenvalue weighted by molar-refractivity contribution is 5.48. The minimum Gasteiger partial charge on any atom is -0.207 e. The second-order valence-corrected chi connectivity index (χ2v) is 7.56. The lowest BCUT2D eigenvalue weighted by Crippen LogP contribution is -1.92. The summed E-state index contributed by atoms with van der Waals surface area (Å²) in [4.78, 5) is 0. The highest BCUT2D eigenvalue weighted by atomic mass is 19.1. The molecule has 0 aliphatic carbocycles. The van der Waals surface area contributed by atoms with Gasteiger partial charge >= 0.3 is 0 Å². The van der Waals surface area contributed by atoms with E-state index < -0.39 is 0 Å². The molecule has 0 bridgehead atoms.